The number of aromatic carboxylic acids is 1. The molecule has 0 radical (unpaired) electrons. The Morgan fingerprint density at radius 2 is 0.908 bits per heavy atom. The molecule has 0 unspecified atom stereocenters. The first-order chi connectivity index (χ1) is 45.9. The highest BCUT2D eigenvalue weighted by Gasteiger charge is 2.18. The number of anilines is 2. The molecule has 0 fully saturated rings. The van der Waals surface area contributed by atoms with Crippen LogP contribution in [0.4, 0.5) is 43.7 Å². The number of nitrogens with two attached hydrogens (primary N) is 3. The maximum absolute atomic E-state index is 12.5. The van der Waals surface area contributed by atoms with Gasteiger partial charge in [-0.05, 0) is 286 Å². The van der Waals surface area contributed by atoms with E-state index >= 15 is 0 Å². The van der Waals surface area contributed by atoms with Crippen LogP contribution in [0.15, 0.2) is 155 Å². The number of carbonyl (C=O) groups is 4. The third-order valence-corrected chi connectivity index (χ3v) is 16.5. The number of aryl methyl sites for hydroxylation is 2. The summed E-state index contributed by atoms with van der Waals surface area (Å²) in [5.41, 5.74) is 51.6. The lowest BCUT2D eigenvalue weighted by Crippen LogP contribution is -2.32. The summed E-state index contributed by atoms with van der Waals surface area (Å²) in [6, 6.07) is 37.8. The van der Waals surface area contributed by atoms with Crippen molar-refractivity contribution in [2.75, 3.05) is 11.5 Å². The van der Waals surface area contributed by atoms with Gasteiger partial charge in [0.25, 0.3) is 5.91 Å². The lowest BCUT2D eigenvalue weighted by Gasteiger charge is -2.19. The zero-order valence-corrected chi connectivity index (χ0v) is 65.4. The van der Waals surface area contributed by atoms with Gasteiger partial charge < -0.3 is 47.7 Å². The third kappa shape index (κ3) is 29.8. The number of halogens is 6. The number of benzene rings is 5. The number of hydrogen-bond donors (Lipinski definition) is 7. The highest BCUT2D eigenvalue weighted by atomic mass is 127. The van der Waals surface area contributed by atoms with Crippen LogP contribution in [0.1, 0.15) is 95.9 Å². The van der Waals surface area contributed by atoms with Gasteiger partial charge in [-0.25, -0.2) is 39.2 Å². The summed E-state index contributed by atoms with van der Waals surface area (Å²) in [4.78, 5) is 74.4. The number of nitrogens with zero attached hydrogens (tertiary/aromatic N) is 14. The van der Waals surface area contributed by atoms with Crippen LogP contribution in [0, 0.1) is 38.3 Å². The lowest BCUT2D eigenvalue weighted by atomic mass is 10.1. The molecule has 33 heteroatoms. The Labute approximate surface area is 639 Å². The number of alkyl carbamates (subject to hydrolysis) is 2. The molecule has 0 aliphatic rings. The number of carboxylic acids is 1. The summed E-state index contributed by atoms with van der Waals surface area (Å²) in [6.45, 7) is 22.7. The standard InChI is InChI=1S/C17H13IN6O.C12H15IN4O2.C12H17IN2O2.C10H8N2O2.C7H7IN4.C7H5IN2.ClH/c1-10-13(8-12-3-2-6-20-16(12)22-10)17(25)21-9-11-4-5-15(23-24-19)14(18)7-11;1-12(2,3)19-11(18)15-7-8-4-5-10(16-17-14)9(13)6-8;1-12(2,3)17-11(16)15-7-8-4-5-10(14)9(13)6-8;1-6-8(10(13)14)5-7-3-2-4-11-9(7)12-6;8-6-3-5(4-9)1-2-7(6)11-12-10;1-10-5-2-3-7(9)6(8)4-5;/h2-8H,9H2,1H3,(H,21,25);4-6H,7H2,1-3H3,(H,15,18);4-6H,7,14H2,1-3H3,(H,15,16);2-5H,1H3,(H,13,14);1-3H,4,9H2;2-4H,9H2;1H. The van der Waals surface area contributed by atoms with Crippen molar-refractivity contribution >= 4 is 206 Å². The van der Waals surface area contributed by atoms with Crippen molar-refractivity contribution in [1.29, 1.82) is 0 Å². The maximum Gasteiger partial charge on any atom is 0.407 e. The van der Waals surface area contributed by atoms with Crippen LogP contribution in [-0.2, 0) is 35.7 Å². The van der Waals surface area contributed by atoms with Gasteiger partial charge in [0, 0.05) is 93.3 Å². The number of fused-ring (bicyclic) bond motifs is 2. The number of azide groups is 3. The van der Waals surface area contributed by atoms with Crippen molar-refractivity contribution in [3.8, 4) is 0 Å². The highest BCUT2D eigenvalue weighted by molar-refractivity contribution is 14.1. The van der Waals surface area contributed by atoms with Crippen LogP contribution in [0.5, 0.6) is 0 Å². The van der Waals surface area contributed by atoms with E-state index in [4.69, 9.17) is 54.9 Å². The molecule has 4 aromatic heterocycles. The summed E-state index contributed by atoms with van der Waals surface area (Å²) in [5.74, 6) is -1.15. The van der Waals surface area contributed by atoms with Gasteiger partial charge in [-0.3, -0.25) is 4.79 Å². The Bertz CT molecular complexity index is 4500. The van der Waals surface area contributed by atoms with E-state index in [1.54, 1.807) is 93.0 Å². The predicted octanol–water partition coefficient (Wildman–Crippen LogP) is 18.7. The van der Waals surface area contributed by atoms with Crippen LogP contribution in [0.25, 0.3) is 58.2 Å². The summed E-state index contributed by atoms with van der Waals surface area (Å²) in [7, 11) is 0. The van der Waals surface area contributed by atoms with Gasteiger partial charge in [0.05, 0.1) is 46.1 Å². The van der Waals surface area contributed by atoms with Crippen LogP contribution < -0.4 is 33.2 Å². The molecule has 98 heavy (non-hydrogen) atoms. The molecule has 0 bridgehead atoms. The highest BCUT2D eigenvalue weighted by Crippen LogP contribution is 2.27. The van der Waals surface area contributed by atoms with Crippen molar-refractivity contribution in [2.45, 2.75) is 92.8 Å². The molecule has 0 atom stereocenters. The van der Waals surface area contributed by atoms with Crippen LogP contribution >= 0.6 is 125 Å². The zero-order valence-electron chi connectivity index (χ0n) is 53.8. The lowest BCUT2D eigenvalue weighted by molar-refractivity contribution is 0.0512. The largest absolute Gasteiger partial charge is 0.478 e. The van der Waals surface area contributed by atoms with Gasteiger partial charge in [-0.2, -0.15) is 0 Å². The molecular weight excluding hydrogens is 1840 g/mol. The fourth-order valence-electron chi connectivity index (χ4n) is 7.54. The quantitative estimate of drug-likeness (QED) is 0.0149. The van der Waals surface area contributed by atoms with Crippen LogP contribution in [-0.4, -0.2) is 60.3 Å². The molecule has 27 nitrogen and oxygen atoms in total. The summed E-state index contributed by atoms with van der Waals surface area (Å²) in [5, 5.41) is 29.4. The SMILES string of the molecule is CC(C)(C)OC(=O)NCc1ccc(N)c(I)c1.CC(C)(C)OC(=O)NCc1ccc(N=[N+]=[N-])c(I)c1.Cc1nc2ncccc2cc1C(=O)NCc1ccc(N=[N+]=[N-])c(I)c1.Cc1nc2ncccc2cc1C(=O)O.Cl.[C-]#[N+]c1ccc(N)c(I)c1.[N-]=[N+]=Nc1ccc(CN)cc1I. The molecular formula is C65H66ClI5N20O7. The number of nitrogens with one attached hydrogen (secondary N) is 3. The molecule has 5 aromatic carbocycles. The second kappa shape index (κ2) is 41.8. The van der Waals surface area contributed by atoms with E-state index in [9.17, 15) is 19.2 Å². The first-order valence-electron chi connectivity index (χ1n) is 28.4. The second-order valence-electron chi connectivity index (χ2n) is 21.8. The van der Waals surface area contributed by atoms with Gasteiger partial charge in [-0.15, -0.1) is 12.4 Å². The van der Waals surface area contributed by atoms with Crippen molar-refractivity contribution in [3.05, 3.63) is 245 Å². The van der Waals surface area contributed by atoms with Crippen LogP contribution in [0.3, 0.4) is 0 Å². The van der Waals surface area contributed by atoms with E-state index in [1.165, 1.54) is 0 Å². The minimum absolute atomic E-state index is 0. The number of aromatic nitrogens is 4. The topological polar surface area (TPSA) is 423 Å². The van der Waals surface area contributed by atoms with Crippen molar-refractivity contribution in [1.82, 2.24) is 35.9 Å². The van der Waals surface area contributed by atoms with Gasteiger partial charge >= 0.3 is 18.2 Å². The Kier molecular flexibility index (Phi) is 35.7. The first-order valence-corrected chi connectivity index (χ1v) is 33.8. The molecule has 4 heterocycles. The van der Waals surface area contributed by atoms with E-state index in [2.05, 4.69) is 184 Å². The van der Waals surface area contributed by atoms with Gasteiger partial charge in [0.2, 0.25) is 0 Å². The summed E-state index contributed by atoms with van der Waals surface area (Å²) in [6.07, 6.45) is 2.44. The number of nitrogen functional groups attached to an aromatic ring is 2. The molecule has 0 saturated carbocycles. The molecule has 10 N–H and O–H groups in total. The number of hydrogen-bond acceptors (Lipinski definition) is 16. The maximum atomic E-state index is 12.5. The Morgan fingerprint density at radius 3 is 1.29 bits per heavy atom. The summed E-state index contributed by atoms with van der Waals surface area (Å²) < 4.78 is 14.8. The number of pyridine rings is 4. The molecule has 0 aliphatic heterocycles. The number of carbonyl (C=O) groups excluding carboxylic acids is 3. The van der Waals surface area contributed by atoms with E-state index < -0.39 is 29.4 Å². The molecule has 9 aromatic rings. The number of amides is 3. The Balaban J connectivity index is 0.000000313. The monoisotopic (exact) mass is 1910 g/mol. The molecule has 0 saturated heterocycles. The Morgan fingerprint density at radius 1 is 0.541 bits per heavy atom. The van der Waals surface area contributed by atoms with E-state index in [0.717, 1.165) is 62.3 Å². The van der Waals surface area contributed by atoms with Crippen molar-refractivity contribution < 1.29 is 33.8 Å². The second-order valence-corrected chi connectivity index (χ2v) is 27.7. The number of ether oxygens (including phenoxy) is 2. The number of carboxylic acid groups (broad SMARTS) is 1. The number of rotatable bonds is 12. The van der Waals surface area contributed by atoms with Gasteiger partial charge in [-0.1, -0.05) is 63.9 Å². The predicted molar refractivity (Wildman–Crippen MR) is 425 cm³/mol. The Hall–Kier alpha value is -8.38. The zero-order chi connectivity index (χ0) is 72.0. The molecule has 0 spiro atoms. The molecule has 3 amide bonds. The minimum atomic E-state index is -0.958. The first kappa shape index (κ1) is 83.8. The van der Waals surface area contributed by atoms with Crippen molar-refractivity contribution in [2.24, 2.45) is 21.1 Å². The van der Waals surface area contributed by atoms with E-state index in [0.29, 0.717) is 77.2 Å². The fourth-order valence-corrected chi connectivity index (χ4v) is 10.7. The van der Waals surface area contributed by atoms with Crippen LogP contribution in [0.2, 0.25) is 0 Å². The van der Waals surface area contributed by atoms with E-state index in [-0.39, 0.29) is 23.9 Å². The fraction of sp³-hybridized carbons (Fsp3) is 0.215. The van der Waals surface area contributed by atoms with Gasteiger partial charge in [0.1, 0.15) is 11.2 Å². The van der Waals surface area contributed by atoms with Gasteiger partial charge in [0.15, 0.2) is 17.0 Å². The average Bonchev–Trinajstić information content (AvgIpc) is 0.824. The third-order valence-electron chi connectivity index (χ3n) is 12.1. The van der Waals surface area contributed by atoms with E-state index in [1.807, 2.05) is 102 Å². The minimum Gasteiger partial charge on any atom is -0.478 e. The summed E-state index contributed by atoms with van der Waals surface area (Å²) >= 11 is 10.6. The molecule has 9 rings (SSSR count). The smallest absolute Gasteiger partial charge is 0.407 e. The average molecular weight is 1910 g/mol. The van der Waals surface area contributed by atoms with Crippen molar-refractivity contribution in [3.63, 3.8) is 0 Å². The molecule has 510 valence electrons. The molecule has 0 aliphatic carbocycles. The normalized spacial score (nSPS) is 10.1.